The molecule has 2 rings (SSSR count). The first-order valence-electron chi connectivity index (χ1n) is 6.03. The summed E-state index contributed by atoms with van der Waals surface area (Å²) in [6, 6.07) is 2.48. The summed E-state index contributed by atoms with van der Waals surface area (Å²) in [6.45, 7) is 0.158. The number of sulfonamides is 1. The Morgan fingerprint density at radius 3 is 2.76 bits per heavy atom. The van der Waals surface area contributed by atoms with E-state index < -0.39 is 20.7 Å². The van der Waals surface area contributed by atoms with Gasteiger partial charge in [0.05, 0.1) is 12.9 Å². The van der Waals surface area contributed by atoms with Gasteiger partial charge < -0.3 is 10.3 Å². The molecule has 0 unspecified atom stereocenters. The normalized spacial score (nSPS) is 11.8. The van der Waals surface area contributed by atoms with Crippen LogP contribution >= 0.6 is 11.6 Å². The lowest BCUT2D eigenvalue weighted by Crippen LogP contribution is -2.25. The number of nitrogens with zero attached hydrogens (tertiary/aromatic N) is 1. The fraction of sp³-hybridized carbons (Fsp3) is 0.250. The minimum absolute atomic E-state index is 0.0182. The molecule has 0 aliphatic carbocycles. The fourth-order valence-electron chi connectivity index (χ4n) is 1.76. The van der Waals surface area contributed by atoms with Crippen LogP contribution in [0.4, 0.5) is 4.39 Å². The summed E-state index contributed by atoms with van der Waals surface area (Å²) < 4.78 is 40.9. The SMILES string of the molecule is CNCc1cc(Cl)cc(S(=O)(=O)NCc2cnc[nH]2)c1F. The second kappa shape index (κ2) is 6.52. The van der Waals surface area contributed by atoms with Crippen LogP contribution < -0.4 is 10.0 Å². The van der Waals surface area contributed by atoms with Crippen molar-refractivity contribution >= 4 is 21.6 Å². The Labute approximate surface area is 126 Å². The standard InChI is InChI=1S/C12H14ClFN4O2S/c1-15-4-8-2-9(13)3-11(12(8)14)21(19,20)18-6-10-5-16-7-17-10/h2-3,5,7,15,18H,4,6H2,1H3,(H,16,17). The summed E-state index contributed by atoms with van der Waals surface area (Å²) in [7, 11) is -2.39. The predicted molar refractivity (Wildman–Crippen MR) is 76.8 cm³/mol. The maximum Gasteiger partial charge on any atom is 0.243 e. The summed E-state index contributed by atoms with van der Waals surface area (Å²) >= 11 is 5.86. The fourth-order valence-corrected chi connectivity index (χ4v) is 3.22. The van der Waals surface area contributed by atoms with E-state index in [1.807, 2.05) is 0 Å². The van der Waals surface area contributed by atoms with Gasteiger partial charge in [-0.1, -0.05) is 11.6 Å². The molecule has 114 valence electrons. The minimum Gasteiger partial charge on any atom is -0.347 e. The molecule has 0 saturated carbocycles. The van der Waals surface area contributed by atoms with E-state index >= 15 is 0 Å². The Morgan fingerprint density at radius 2 is 2.14 bits per heavy atom. The van der Waals surface area contributed by atoms with E-state index in [1.54, 1.807) is 7.05 Å². The number of nitrogens with one attached hydrogen (secondary N) is 3. The Morgan fingerprint density at radius 1 is 1.38 bits per heavy atom. The number of aromatic amines is 1. The number of halogens is 2. The van der Waals surface area contributed by atoms with Crippen molar-refractivity contribution in [1.82, 2.24) is 20.0 Å². The summed E-state index contributed by atoms with van der Waals surface area (Å²) in [5.41, 5.74) is 0.753. The van der Waals surface area contributed by atoms with E-state index in [-0.39, 0.29) is 23.7 Å². The third kappa shape index (κ3) is 3.79. The van der Waals surface area contributed by atoms with Crippen molar-refractivity contribution in [2.45, 2.75) is 18.0 Å². The summed E-state index contributed by atoms with van der Waals surface area (Å²) in [4.78, 5) is 6.05. The first-order valence-corrected chi connectivity index (χ1v) is 7.89. The molecule has 0 aliphatic heterocycles. The number of benzene rings is 1. The molecule has 0 atom stereocenters. The second-order valence-electron chi connectivity index (χ2n) is 4.31. The van der Waals surface area contributed by atoms with Crippen molar-refractivity contribution < 1.29 is 12.8 Å². The van der Waals surface area contributed by atoms with E-state index in [4.69, 9.17) is 11.6 Å². The molecular weight excluding hydrogens is 319 g/mol. The second-order valence-corrected chi connectivity index (χ2v) is 6.48. The van der Waals surface area contributed by atoms with Crippen molar-refractivity contribution in [3.8, 4) is 0 Å². The quantitative estimate of drug-likeness (QED) is 0.746. The van der Waals surface area contributed by atoms with Crippen LogP contribution in [0.15, 0.2) is 29.6 Å². The van der Waals surface area contributed by atoms with Crippen molar-refractivity contribution in [3.63, 3.8) is 0 Å². The molecule has 0 fully saturated rings. The molecule has 21 heavy (non-hydrogen) atoms. The van der Waals surface area contributed by atoms with Gasteiger partial charge >= 0.3 is 0 Å². The maximum atomic E-state index is 14.3. The Bertz CT molecular complexity index is 719. The predicted octanol–water partition coefficient (Wildman–Crippen LogP) is 1.40. The van der Waals surface area contributed by atoms with Crippen LogP contribution in [0.2, 0.25) is 5.02 Å². The van der Waals surface area contributed by atoms with Gasteiger partial charge in [-0.25, -0.2) is 22.5 Å². The van der Waals surface area contributed by atoms with Gasteiger partial charge in [-0.2, -0.15) is 0 Å². The van der Waals surface area contributed by atoms with Crippen LogP contribution in [0.5, 0.6) is 0 Å². The summed E-state index contributed by atoms with van der Waals surface area (Å²) in [5.74, 6) is -0.814. The van der Waals surface area contributed by atoms with Crippen molar-refractivity contribution in [3.05, 3.63) is 46.8 Å². The van der Waals surface area contributed by atoms with E-state index in [2.05, 4.69) is 20.0 Å². The molecule has 0 saturated heterocycles. The third-order valence-electron chi connectivity index (χ3n) is 2.74. The molecular formula is C12H14ClFN4O2S. The van der Waals surface area contributed by atoms with Crippen LogP contribution in [0.3, 0.4) is 0 Å². The van der Waals surface area contributed by atoms with Gasteiger partial charge in [-0.15, -0.1) is 0 Å². The van der Waals surface area contributed by atoms with Gasteiger partial charge in [0.2, 0.25) is 10.0 Å². The Hall–Kier alpha value is -1.48. The average molecular weight is 333 g/mol. The zero-order valence-electron chi connectivity index (χ0n) is 11.2. The average Bonchev–Trinajstić information content (AvgIpc) is 2.94. The van der Waals surface area contributed by atoms with Gasteiger partial charge in [-0.3, -0.25) is 0 Å². The Kier molecular flexibility index (Phi) is 4.94. The van der Waals surface area contributed by atoms with Gasteiger partial charge in [0.1, 0.15) is 10.7 Å². The highest BCUT2D eigenvalue weighted by Gasteiger charge is 2.22. The third-order valence-corrected chi connectivity index (χ3v) is 4.36. The van der Waals surface area contributed by atoms with Crippen molar-refractivity contribution in [1.29, 1.82) is 0 Å². The van der Waals surface area contributed by atoms with Crippen molar-refractivity contribution in [2.75, 3.05) is 7.05 Å². The number of aromatic nitrogens is 2. The molecule has 9 heteroatoms. The molecule has 2 aromatic rings. The topological polar surface area (TPSA) is 86.9 Å². The van der Waals surface area contributed by atoms with E-state index in [0.29, 0.717) is 5.69 Å². The van der Waals surface area contributed by atoms with Crippen LogP contribution in [-0.4, -0.2) is 25.4 Å². The largest absolute Gasteiger partial charge is 0.347 e. The van der Waals surface area contributed by atoms with Crippen LogP contribution in [-0.2, 0) is 23.1 Å². The number of H-pyrrole nitrogens is 1. The van der Waals surface area contributed by atoms with Gasteiger partial charge in [-0.05, 0) is 19.2 Å². The molecule has 0 spiro atoms. The number of hydrogen-bond donors (Lipinski definition) is 3. The lowest BCUT2D eigenvalue weighted by Gasteiger charge is -2.11. The molecule has 0 radical (unpaired) electrons. The number of rotatable bonds is 6. The molecule has 1 aromatic heterocycles. The molecule has 1 aromatic carbocycles. The lowest BCUT2D eigenvalue weighted by molar-refractivity contribution is 0.545. The molecule has 0 amide bonds. The highest BCUT2D eigenvalue weighted by molar-refractivity contribution is 7.89. The van der Waals surface area contributed by atoms with E-state index in [1.165, 1.54) is 18.6 Å². The van der Waals surface area contributed by atoms with Crippen LogP contribution in [0.1, 0.15) is 11.3 Å². The van der Waals surface area contributed by atoms with Crippen LogP contribution in [0, 0.1) is 5.82 Å². The zero-order valence-corrected chi connectivity index (χ0v) is 12.7. The summed E-state index contributed by atoms with van der Waals surface area (Å²) in [5, 5.41) is 2.91. The van der Waals surface area contributed by atoms with E-state index in [0.717, 1.165) is 6.07 Å². The van der Waals surface area contributed by atoms with E-state index in [9.17, 15) is 12.8 Å². The number of imidazole rings is 1. The minimum atomic E-state index is -4.02. The highest BCUT2D eigenvalue weighted by atomic mass is 35.5. The van der Waals surface area contributed by atoms with Crippen LogP contribution in [0.25, 0.3) is 0 Å². The molecule has 3 N–H and O–H groups in total. The van der Waals surface area contributed by atoms with Gasteiger partial charge in [0, 0.05) is 29.0 Å². The zero-order chi connectivity index (χ0) is 15.5. The molecule has 0 bridgehead atoms. The summed E-state index contributed by atoms with van der Waals surface area (Å²) in [6.07, 6.45) is 2.90. The monoisotopic (exact) mass is 332 g/mol. The molecule has 6 nitrogen and oxygen atoms in total. The van der Waals surface area contributed by atoms with Gasteiger partial charge in [0.15, 0.2) is 0 Å². The molecule has 1 heterocycles. The maximum absolute atomic E-state index is 14.3. The Balaban J connectivity index is 2.30. The number of hydrogen-bond acceptors (Lipinski definition) is 4. The lowest BCUT2D eigenvalue weighted by atomic mass is 10.2. The first kappa shape index (κ1) is 15.9. The van der Waals surface area contributed by atoms with Gasteiger partial charge in [0.25, 0.3) is 0 Å². The first-order chi connectivity index (χ1) is 9.94. The smallest absolute Gasteiger partial charge is 0.243 e. The molecule has 0 aliphatic rings. The van der Waals surface area contributed by atoms with Crippen molar-refractivity contribution in [2.24, 2.45) is 0 Å². The highest BCUT2D eigenvalue weighted by Crippen LogP contribution is 2.23.